The van der Waals surface area contributed by atoms with Gasteiger partial charge in [0.25, 0.3) is 0 Å². The third kappa shape index (κ3) is 4.51. The molecule has 0 aliphatic carbocycles. The van der Waals surface area contributed by atoms with E-state index in [9.17, 15) is 13.6 Å². The molecule has 1 rings (SSSR count). The van der Waals surface area contributed by atoms with Crippen molar-refractivity contribution in [3.63, 3.8) is 0 Å². The highest BCUT2D eigenvalue weighted by atomic mass is 19.1. The van der Waals surface area contributed by atoms with E-state index in [1.807, 2.05) is 0 Å². The topological polar surface area (TPSA) is 55.1 Å². The lowest BCUT2D eigenvalue weighted by molar-refractivity contribution is -0.117. The van der Waals surface area contributed by atoms with Crippen LogP contribution in [0.25, 0.3) is 0 Å². The van der Waals surface area contributed by atoms with Crippen LogP contribution in [0.2, 0.25) is 0 Å². The van der Waals surface area contributed by atoms with Gasteiger partial charge in [-0.25, -0.2) is 8.78 Å². The van der Waals surface area contributed by atoms with E-state index in [1.165, 1.54) is 12.1 Å². The molecule has 0 aliphatic heterocycles. The summed E-state index contributed by atoms with van der Waals surface area (Å²) in [5, 5.41) is 2.75. The Morgan fingerprint density at radius 2 is 1.87 bits per heavy atom. The second-order valence-electron chi connectivity index (χ2n) is 3.17. The number of carbonyl (C=O) groups is 1. The lowest BCUT2D eigenvalue weighted by Crippen LogP contribution is -2.29. The van der Waals surface area contributed by atoms with Gasteiger partial charge in [0.1, 0.15) is 11.6 Å². The Labute approximate surface area is 86.3 Å². The molecule has 0 radical (unpaired) electrons. The summed E-state index contributed by atoms with van der Waals surface area (Å²) in [6, 6.07) is 3.34. The van der Waals surface area contributed by atoms with Crippen molar-refractivity contribution in [2.75, 3.05) is 13.1 Å². The molecule has 0 bridgehead atoms. The van der Waals surface area contributed by atoms with Gasteiger partial charge in [0.2, 0.25) is 5.91 Å². The van der Waals surface area contributed by atoms with Crippen molar-refractivity contribution in [1.82, 2.24) is 5.32 Å². The normalized spacial score (nSPS) is 10.3. The number of carbonyl (C=O) groups excluding carboxylic acids is 1. The van der Waals surface area contributed by atoms with Crippen LogP contribution in [0, 0.1) is 11.6 Å². The van der Waals surface area contributed by atoms with Crippen LogP contribution in [0.5, 0.6) is 0 Å². The standard InChI is InChI=1S/C10H12F2N2O/c11-8-3-7(4-9(12)5-8)1-2-14-6-10(13)15/h3-5,14H,1-2,6H2,(H2,13,15). The summed E-state index contributed by atoms with van der Waals surface area (Å²) in [6.07, 6.45) is 0.446. The first-order chi connectivity index (χ1) is 7.08. The Bertz CT molecular complexity index is 335. The minimum Gasteiger partial charge on any atom is -0.369 e. The molecule has 0 aromatic heterocycles. The molecule has 5 heteroatoms. The molecule has 0 saturated heterocycles. The van der Waals surface area contributed by atoms with Crippen molar-refractivity contribution in [2.45, 2.75) is 6.42 Å². The predicted molar refractivity (Wildman–Crippen MR) is 52.1 cm³/mol. The van der Waals surface area contributed by atoms with Crippen LogP contribution < -0.4 is 11.1 Å². The van der Waals surface area contributed by atoms with Gasteiger partial charge in [0, 0.05) is 6.07 Å². The highest BCUT2D eigenvalue weighted by Gasteiger charge is 2.00. The number of amides is 1. The summed E-state index contributed by atoms with van der Waals surface area (Å²) in [7, 11) is 0. The Kier molecular flexibility index (Phi) is 4.17. The number of benzene rings is 1. The molecule has 0 unspecified atom stereocenters. The number of nitrogens with two attached hydrogens (primary N) is 1. The summed E-state index contributed by atoms with van der Waals surface area (Å²) >= 11 is 0. The lowest BCUT2D eigenvalue weighted by atomic mass is 10.1. The van der Waals surface area contributed by atoms with Crippen molar-refractivity contribution in [2.24, 2.45) is 5.73 Å². The minimum absolute atomic E-state index is 0.0673. The maximum absolute atomic E-state index is 12.7. The fraction of sp³-hybridized carbons (Fsp3) is 0.300. The van der Waals surface area contributed by atoms with E-state index in [0.29, 0.717) is 18.5 Å². The molecule has 0 aliphatic rings. The van der Waals surface area contributed by atoms with Gasteiger partial charge in [-0.15, -0.1) is 0 Å². The van der Waals surface area contributed by atoms with E-state index in [4.69, 9.17) is 5.73 Å². The monoisotopic (exact) mass is 214 g/mol. The summed E-state index contributed by atoms with van der Waals surface area (Å²) in [4.78, 5) is 10.4. The highest BCUT2D eigenvalue weighted by Crippen LogP contribution is 2.07. The Hall–Kier alpha value is -1.49. The number of hydrogen-bond acceptors (Lipinski definition) is 2. The zero-order valence-electron chi connectivity index (χ0n) is 8.09. The number of rotatable bonds is 5. The molecule has 0 atom stereocenters. The molecular formula is C10H12F2N2O. The second-order valence-corrected chi connectivity index (χ2v) is 3.17. The van der Waals surface area contributed by atoms with Gasteiger partial charge in [-0.2, -0.15) is 0 Å². The zero-order valence-corrected chi connectivity index (χ0v) is 8.09. The van der Waals surface area contributed by atoms with Crippen LogP contribution in [-0.4, -0.2) is 19.0 Å². The van der Waals surface area contributed by atoms with E-state index >= 15 is 0 Å². The molecule has 0 spiro atoms. The number of nitrogens with one attached hydrogen (secondary N) is 1. The smallest absolute Gasteiger partial charge is 0.231 e. The summed E-state index contributed by atoms with van der Waals surface area (Å²) in [5.74, 6) is -1.65. The van der Waals surface area contributed by atoms with Gasteiger partial charge in [0.15, 0.2) is 0 Å². The Balaban J connectivity index is 2.40. The van der Waals surface area contributed by atoms with Crippen molar-refractivity contribution in [3.8, 4) is 0 Å². The molecule has 82 valence electrons. The molecule has 1 amide bonds. The van der Waals surface area contributed by atoms with Crippen molar-refractivity contribution in [1.29, 1.82) is 0 Å². The average Bonchev–Trinajstić information content (AvgIpc) is 2.10. The van der Waals surface area contributed by atoms with Crippen LogP contribution in [0.4, 0.5) is 8.78 Å². The Morgan fingerprint density at radius 3 is 2.40 bits per heavy atom. The van der Waals surface area contributed by atoms with Crippen molar-refractivity contribution >= 4 is 5.91 Å². The first-order valence-electron chi connectivity index (χ1n) is 4.52. The fourth-order valence-electron chi connectivity index (χ4n) is 1.20. The van der Waals surface area contributed by atoms with E-state index in [-0.39, 0.29) is 6.54 Å². The SMILES string of the molecule is NC(=O)CNCCc1cc(F)cc(F)c1. The number of halogens is 2. The van der Waals surface area contributed by atoms with Crippen LogP contribution in [0.1, 0.15) is 5.56 Å². The third-order valence-electron chi connectivity index (χ3n) is 1.81. The molecule has 15 heavy (non-hydrogen) atoms. The predicted octanol–water partition coefficient (Wildman–Crippen LogP) is 0.582. The van der Waals surface area contributed by atoms with Crippen LogP contribution in [0.15, 0.2) is 18.2 Å². The van der Waals surface area contributed by atoms with Gasteiger partial charge >= 0.3 is 0 Å². The van der Waals surface area contributed by atoms with Crippen molar-refractivity contribution in [3.05, 3.63) is 35.4 Å². The van der Waals surface area contributed by atoms with E-state index in [1.54, 1.807) is 0 Å². The molecule has 0 heterocycles. The van der Waals surface area contributed by atoms with Gasteiger partial charge in [-0.3, -0.25) is 4.79 Å². The first kappa shape index (κ1) is 11.6. The van der Waals surface area contributed by atoms with Crippen LogP contribution in [0.3, 0.4) is 0 Å². The molecule has 1 aromatic rings. The quantitative estimate of drug-likeness (QED) is 0.704. The maximum Gasteiger partial charge on any atom is 0.231 e. The molecule has 1 aromatic carbocycles. The minimum atomic E-state index is -0.597. The van der Waals surface area contributed by atoms with E-state index in [2.05, 4.69) is 5.32 Å². The summed E-state index contributed by atoms with van der Waals surface area (Å²) in [6.45, 7) is 0.517. The lowest BCUT2D eigenvalue weighted by Gasteiger charge is -2.03. The maximum atomic E-state index is 12.7. The van der Waals surface area contributed by atoms with E-state index < -0.39 is 17.5 Å². The zero-order chi connectivity index (χ0) is 11.3. The largest absolute Gasteiger partial charge is 0.369 e. The van der Waals surface area contributed by atoms with Gasteiger partial charge in [-0.1, -0.05) is 0 Å². The molecular weight excluding hydrogens is 202 g/mol. The van der Waals surface area contributed by atoms with E-state index in [0.717, 1.165) is 6.07 Å². The molecule has 3 nitrogen and oxygen atoms in total. The third-order valence-corrected chi connectivity index (χ3v) is 1.81. The van der Waals surface area contributed by atoms with Crippen LogP contribution >= 0.6 is 0 Å². The average molecular weight is 214 g/mol. The number of hydrogen-bond donors (Lipinski definition) is 2. The molecule has 0 fully saturated rings. The molecule has 0 saturated carbocycles. The van der Waals surface area contributed by atoms with Gasteiger partial charge in [0.05, 0.1) is 6.54 Å². The van der Waals surface area contributed by atoms with Gasteiger partial charge in [-0.05, 0) is 30.7 Å². The summed E-state index contributed by atoms with van der Waals surface area (Å²) < 4.78 is 25.5. The number of primary amides is 1. The second kappa shape index (κ2) is 5.41. The molecule has 3 N–H and O–H groups in total. The van der Waals surface area contributed by atoms with Crippen molar-refractivity contribution < 1.29 is 13.6 Å². The first-order valence-corrected chi connectivity index (χ1v) is 4.52. The highest BCUT2D eigenvalue weighted by molar-refractivity contribution is 5.75. The fourth-order valence-corrected chi connectivity index (χ4v) is 1.20. The van der Waals surface area contributed by atoms with Crippen LogP contribution in [-0.2, 0) is 11.2 Å². The summed E-state index contributed by atoms with van der Waals surface area (Å²) in [5.41, 5.74) is 5.44. The Morgan fingerprint density at radius 1 is 1.27 bits per heavy atom. The van der Waals surface area contributed by atoms with Gasteiger partial charge < -0.3 is 11.1 Å².